The number of benzene rings is 3. The van der Waals surface area contributed by atoms with E-state index in [-0.39, 0.29) is 24.2 Å². The molecule has 0 spiro atoms. The zero-order chi connectivity index (χ0) is 28.6. The number of nitrogens with zero attached hydrogens (tertiary/aromatic N) is 3. The largest absolute Gasteiger partial charge is 0.332 e. The van der Waals surface area contributed by atoms with Gasteiger partial charge < -0.3 is 14.7 Å². The summed E-state index contributed by atoms with van der Waals surface area (Å²) in [6, 6.07) is 26.0. The number of likely N-dealkylation sites (tertiary alicyclic amines) is 1. The molecule has 1 fully saturated rings. The Labute approximate surface area is 245 Å². The summed E-state index contributed by atoms with van der Waals surface area (Å²) in [4.78, 5) is 34.6. The fraction of sp³-hybridized carbons (Fsp3) is 0.294. The minimum absolute atomic E-state index is 0.0152. The van der Waals surface area contributed by atoms with Gasteiger partial charge in [-0.1, -0.05) is 54.6 Å². The molecule has 1 saturated heterocycles. The van der Waals surface area contributed by atoms with Crippen LogP contribution in [-0.2, 0) is 17.9 Å². The standard InChI is InChI=1S/C34H36FN3O2S/c1-26-17-22-41-32(26)24-38(23-27-9-15-31(35)16-10-27)33(39)25-37(21-20-36-18-5-6-19-36)34(40)30-13-11-29(12-14-30)28-7-3-2-4-8-28/h2-4,7-17,22H,5-6,18-21,23-25H2,1H3. The summed E-state index contributed by atoms with van der Waals surface area (Å²) in [5.74, 6) is -0.582. The summed E-state index contributed by atoms with van der Waals surface area (Å²) in [7, 11) is 0. The van der Waals surface area contributed by atoms with Gasteiger partial charge in [0.25, 0.3) is 5.91 Å². The summed E-state index contributed by atoms with van der Waals surface area (Å²) in [6.07, 6.45) is 2.33. The molecular weight excluding hydrogens is 533 g/mol. The number of hydrogen-bond donors (Lipinski definition) is 0. The van der Waals surface area contributed by atoms with E-state index in [0.717, 1.165) is 46.8 Å². The van der Waals surface area contributed by atoms with Crippen molar-refractivity contribution in [1.82, 2.24) is 14.7 Å². The van der Waals surface area contributed by atoms with Gasteiger partial charge in [-0.15, -0.1) is 11.3 Å². The SMILES string of the molecule is Cc1ccsc1CN(Cc1ccc(F)cc1)C(=O)CN(CCN1CCCC1)C(=O)c1ccc(-c2ccccc2)cc1. The van der Waals surface area contributed by atoms with Crippen LogP contribution in [0.2, 0.25) is 0 Å². The maximum Gasteiger partial charge on any atom is 0.254 e. The van der Waals surface area contributed by atoms with Crippen LogP contribution in [0.3, 0.4) is 0 Å². The molecule has 5 nitrogen and oxygen atoms in total. The second-order valence-electron chi connectivity index (χ2n) is 10.6. The molecule has 2 heterocycles. The van der Waals surface area contributed by atoms with E-state index < -0.39 is 0 Å². The Morgan fingerprint density at radius 3 is 2.17 bits per heavy atom. The molecule has 41 heavy (non-hydrogen) atoms. The van der Waals surface area contributed by atoms with Crippen molar-refractivity contribution in [3.63, 3.8) is 0 Å². The molecule has 1 aromatic heterocycles. The highest BCUT2D eigenvalue weighted by atomic mass is 32.1. The monoisotopic (exact) mass is 569 g/mol. The second-order valence-corrected chi connectivity index (χ2v) is 11.6. The van der Waals surface area contributed by atoms with Crippen molar-refractivity contribution in [2.24, 2.45) is 0 Å². The Morgan fingerprint density at radius 2 is 1.51 bits per heavy atom. The molecular formula is C34H36FN3O2S. The molecule has 2 amide bonds. The van der Waals surface area contributed by atoms with Gasteiger partial charge in [-0.25, -0.2) is 4.39 Å². The zero-order valence-electron chi connectivity index (χ0n) is 23.5. The van der Waals surface area contributed by atoms with Crippen molar-refractivity contribution in [3.8, 4) is 11.1 Å². The number of aryl methyl sites for hydroxylation is 1. The zero-order valence-corrected chi connectivity index (χ0v) is 24.3. The third-order valence-electron chi connectivity index (χ3n) is 7.68. The lowest BCUT2D eigenvalue weighted by molar-refractivity contribution is -0.133. The highest BCUT2D eigenvalue weighted by Gasteiger charge is 2.25. The van der Waals surface area contributed by atoms with Crippen molar-refractivity contribution in [1.29, 1.82) is 0 Å². The first-order chi connectivity index (χ1) is 20.0. The third kappa shape index (κ3) is 7.69. The average Bonchev–Trinajstić information content (AvgIpc) is 3.68. The normalized spacial score (nSPS) is 13.3. The van der Waals surface area contributed by atoms with Crippen LogP contribution in [0.25, 0.3) is 11.1 Å². The molecule has 4 aromatic rings. The summed E-state index contributed by atoms with van der Waals surface area (Å²) < 4.78 is 13.6. The second kappa shape index (κ2) is 13.7. The van der Waals surface area contributed by atoms with E-state index in [4.69, 9.17) is 0 Å². The molecule has 0 atom stereocenters. The number of amides is 2. The highest BCUT2D eigenvalue weighted by Crippen LogP contribution is 2.22. The molecule has 0 unspecified atom stereocenters. The molecule has 3 aromatic carbocycles. The molecule has 5 rings (SSSR count). The van der Waals surface area contributed by atoms with Gasteiger partial charge in [-0.2, -0.15) is 0 Å². The van der Waals surface area contributed by atoms with Gasteiger partial charge in [0.1, 0.15) is 12.4 Å². The topological polar surface area (TPSA) is 43.9 Å². The number of halogens is 1. The summed E-state index contributed by atoms with van der Waals surface area (Å²) >= 11 is 1.62. The van der Waals surface area contributed by atoms with E-state index in [0.29, 0.717) is 25.2 Å². The van der Waals surface area contributed by atoms with Crippen LogP contribution in [0.1, 0.15) is 39.2 Å². The third-order valence-corrected chi connectivity index (χ3v) is 8.69. The molecule has 0 radical (unpaired) electrons. The van der Waals surface area contributed by atoms with Crippen LogP contribution in [0.4, 0.5) is 4.39 Å². The van der Waals surface area contributed by atoms with E-state index in [2.05, 4.69) is 4.90 Å². The minimum atomic E-state index is -0.308. The summed E-state index contributed by atoms with van der Waals surface area (Å²) in [5.41, 5.74) is 4.68. The van der Waals surface area contributed by atoms with Crippen molar-refractivity contribution >= 4 is 23.2 Å². The minimum Gasteiger partial charge on any atom is -0.332 e. The summed E-state index contributed by atoms with van der Waals surface area (Å²) in [6.45, 7) is 6.08. The average molecular weight is 570 g/mol. The molecule has 0 bridgehead atoms. The molecule has 212 valence electrons. The Kier molecular flexibility index (Phi) is 9.59. The fourth-order valence-corrected chi connectivity index (χ4v) is 6.11. The lowest BCUT2D eigenvalue weighted by atomic mass is 10.0. The lowest BCUT2D eigenvalue weighted by Gasteiger charge is -2.29. The van der Waals surface area contributed by atoms with Crippen LogP contribution < -0.4 is 0 Å². The molecule has 0 saturated carbocycles. The lowest BCUT2D eigenvalue weighted by Crippen LogP contribution is -2.45. The van der Waals surface area contributed by atoms with Crippen LogP contribution in [0.5, 0.6) is 0 Å². The van der Waals surface area contributed by atoms with Gasteiger partial charge >= 0.3 is 0 Å². The van der Waals surface area contributed by atoms with Crippen molar-refractivity contribution in [2.45, 2.75) is 32.9 Å². The predicted molar refractivity (Wildman–Crippen MR) is 163 cm³/mol. The van der Waals surface area contributed by atoms with E-state index in [1.165, 1.54) is 25.0 Å². The van der Waals surface area contributed by atoms with E-state index in [9.17, 15) is 14.0 Å². The first-order valence-corrected chi connectivity index (χ1v) is 15.1. The number of hydrogen-bond acceptors (Lipinski definition) is 4. The van der Waals surface area contributed by atoms with Crippen LogP contribution in [-0.4, -0.2) is 59.2 Å². The van der Waals surface area contributed by atoms with Gasteiger partial charge in [0.15, 0.2) is 0 Å². The Balaban J connectivity index is 1.36. The van der Waals surface area contributed by atoms with Crippen molar-refractivity contribution < 1.29 is 14.0 Å². The van der Waals surface area contributed by atoms with Gasteiger partial charge in [0.05, 0.1) is 6.54 Å². The molecule has 0 aliphatic carbocycles. The van der Waals surface area contributed by atoms with Crippen molar-refractivity contribution in [3.05, 3.63) is 118 Å². The van der Waals surface area contributed by atoms with E-state index in [1.54, 1.807) is 33.3 Å². The molecule has 1 aliphatic heterocycles. The van der Waals surface area contributed by atoms with Gasteiger partial charge in [-0.05, 0) is 90.8 Å². The molecule has 0 N–H and O–H groups in total. The Hall–Kier alpha value is -3.81. The Morgan fingerprint density at radius 1 is 0.829 bits per heavy atom. The number of rotatable bonds is 11. The highest BCUT2D eigenvalue weighted by molar-refractivity contribution is 7.10. The predicted octanol–water partition coefficient (Wildman–Crippen LogP) is 6.63. The van der Waals surface area contributed by atoms with Gasteiger partial charge in [0.2, 0.25) is 5.91 Å². The smallest absolute Gasteiger partial charge is 0.254 e. The van der Waals surface area contributed by atoms with Gasteiger partial charge in [0, 0.05) is 30.1 Å². The van der Waals surface area contributed by atoms with Crippen LogP contribution in [0, 0.1) is 12.7 Å². The first-order valence-electron chi connectivity index (χ1n) is 14.2. The molecule has 1 aliphatic rings. The fourth-order valence-electron chi connectivity index (χ4n) is 5.18. The van der Waals surface area contributed by atoms with Crippen molar-refractivity contribution in [2.75, 3.05) is 32.7 Å². The molecule has 7 heteroatoms. The number of thiophene rings is 1. The maximum absolute atomic E-state index is 13.9. The Bertz CT molecular complexity index is 1430. The van der Waals surface area contributed by atoms with Crippen LogP contribution >= 0.6 is 11.3 Å². The van der Waals surface area contributed by atoms with E-state index >= 15 is 0 Å². The maximum atomic E-state index is 13.9. The quantitative estimate of drug-likeness (QED) is 0.204. The number of carbonyl (C=O) groups is 2. The summed E-state index contributed by atoms with van der Waals surface area (Å²) in [5, 5.41) is 2.02. The van der Waals surface area contributed by atoms with E-state index in [1.807, 2.05) is 73.0 Å². The van der Waals surface area contributed by atoms with Gasteiger partial charge in [-0.3, -0.25) is 9.59 Å². The number of carbonyl (C=O) groups excluding carboxylic acids is 2. The van der Waals surface area contributed by atoms with Crippen LogP contribution in [0.15, 0.2) is 90.3 Å². The first kappa shape index (κ1) is 28.7.